The molecule has 2 rings (SSSR count). The summed E-state index contributed by atoms with van der Waals surface area (Å²) in [5, 5.41) is 3.58. The Kier molecular flexibility index (Phi) is 18.2. The zero-order valence-corrected chi connectivity index (χ0v) is 16.1. The molecule has 0 atom stereocenters. The van der Waals surface area contributed by atoms with Crippen LogP contribution in [0.15, 0.2) is 45.6 Å². The first kappa shape index (κ1) is 25.1. The Labute approximate surface area is 152 Å². The smallest absolute Gasteiger partial charge is 0.336 e. The lowest BCUT2D eigenvalue weighted by Crippen LogP contribution is -2.31. The van der Waals surface area contributed by atoms with E-state index < -0.39 is 0 Å². The fourth-order valence-corrected chi connectivity index (χ4v) is 1.83. The van der Waals surface area contributed by atoms with E-state index in [1.807, 2.05) is 32.0 Å². The van der Waals surface area contributed by atoms with E-state index in [-0.39, 0.29) is 7.05 Å². The minimum absolute atomic E-state index is 0. The second-order valence-electron chi connectivity index (χ2n) is 4.39. The number of amides is 1. The zero-order valence-electron chi connectivity index (χ0n) is 16.1. The predicted molar refractivity (Wildman–Crippen MR) is 108 cm³/mol. The molecule has 6 heteroatoms. The number of fused-ring (bicyclic) bond motifs is 1. The maximum atomic E-state index is 10.7. The molecular weight excluding hydrogens is 318 g/mol. The summed E-state index contributed by atoms with van der Waals surface area (Å²) < 4.78 is 4.91. The van der Waals surface area contributed by atoms with Gasteiger partial charge in [-0.3, -0.25) is 4.79 Å². The molecule has 3 N–H and O–H groups in total. The molecule has 1 amide bonds. The van der Waals surface area contributed by atoms with Crippen molar-refractivity contribution in [1.82, 2.24) is 10.2 Å². The first-order valence-corrected chi connectivity index (χ1v) is 8.67. The number of hydrogen-bond acceptors (Lipinski definition) is 5. The van der Waals surface area contributed by atoms with Gasteiger partial charge in [0, 0.05) is 26.0 Å². The van der Waals surface area contributed by atoms with Gasteiger partial charge in [-0.1, -0.05) is 45.9 Å². The molecule has 1 aromatic heterocycles. The van der Waals surface area contributed by atoms with Crippen molar-refractivity contribution in [3.63, 3.8) is 0 Å². The van der Waals surface area contributed by atoms with Crippen LogP contribution in [-0.2, 0) is 4.79 Å². The van der Waals surface area contributed by atoms with Crippen molar-refractivity contribution in [2.45, 2.75) is 27.7 Å². The molecule has 144 valence electrons. The molecule has 0 fully saturated rings. The van der Waals surface area contributed by atoms with Gasteiger partial charge in [-0.15, -0.1) is 0 Å². The van der Waals surface area contributed by atoms with Gasteiger partial charge in [-0.2, -0.15) is 0 Å². The summed E-state index contributed by atoms with van der Waals surface area (Å²) >= 11 is 0. The number of nitrogens with two attached hydrogens (primary N) is 1. The highest BCUT2D eigenvalue weighted by atomic mass is 16.4. The van der Waals surface area contributed by atoms with E-state index in [9.17, 15) is 9.59 Å². The highest BCUT2D eigenvalue weighted by Gasteiger charge is 1.95. The van der Waals surface area contributed by atoms with Crippen molar-refractivity contribution < 1.29 is 10.6 Å². The van der Waals surface area contributed by atoms with Crippen LogP contribution in [0.2, 0.25) is 0 Å². The fraction of sp³-hybridized carbons (Fsp3) is 0.474. The Morgan fingerprint density at radius 2 is 1.72 bits per heavy atom. The molecule has 25 heavy (non-hydrogen) atoms. The van der Waals surface area contributed by atoms with Gasteiger partial charge in [0.2, 0.25) is 6.41 Å². The quantitative estimate of drug-likeness (QED) is 0.473. The third-order valence-electron chi connectivity index (χ3n) is 3.08. The molecule has 0 unspecified atom stereocenters. The number of nitrogens with one attached hydrogen (secondary N) is 1. The molecule has 0 aliphatic rings. The number of carbonyl (C=O) groups is 1. The first-order valence-electron chi connectivity index (χ1n) is 8.67. The van der Waals surface area contributed by atoms with Crippen molar-refractivity contribution in [1.29, 1.82) is 0 Å². The summed E-state index contributed by atoms with van der Waals surface area (Å²) in [5.74, 6) is 0. The molecule has 0 saturated carbocycles. The van der Waals surface area contributed by atoms with E-state index in [1.54, 1.807) is 12.1 Å². The maximum Gasteiger partial charge on any atom is 0.336 e. The zero-order chi connectivity index (χ0) is 19.5. The van der Waals surface area contributed by atoms with Crippen LogP contribution in [0.3, 0.4) is 0 Å². The van der Waals surface area contributed by atoms with E-state index in [1.165, 1.54) is 13.1 Å². The Bertz CT molecular complexity index is 602. The number of benzene rings is 1. The molecule has 1 heterocycles. The SMILES string of the molecule is CC.CCN(CC)CCNC=O.CN.O=c1ccc2ccccc2o1.[HH]. The number of nitrogens with zero attached hydrogens (tertiary/aromatic N) is 1. The van der Waals surface area contributed by atoms with Gasteiger partial charge >= 0.3 is 5.63 Å². The van der Waals surface area contributed by atoms with Crippen molar-refractivity contribution in [2.75, 3.05) is 33.2 Å². The van der Waals surface area contributed by atoms with Crippen molar-refractivity contribution in [3.05, 3.63) is 46.8 Å². The fourth-order valence-electron chi connectivity index (χ4n) is 1.83. The molecular formula is C19H35N3O3. The predicted octanol–water partition coefficient (Wildman–Crippen LogP) is 2.71. The molecule has 0 radical (unpaired) electrons. The van der Waals surface area contributed by atoms with Crippen LogP contribution in [0.5, 0.6) is 0 Å². The Balaban J connectivity index is -0.000000333. The number of carbonyl (C=O) groups excluding carboxylic acids is 1. The summed E-state index contributed by atoms with van der Waals surface area (Å²) in [6.07, 6.45) is 0.740. The first-order chi connectivity index (χ1) is 12.2. The normalized spacial score (nSPS) is 8.92. The highest BCUT2D eigenvalue weighted by molar-refractivity contribution is 5.75. The Morgan fingerprint density at radius 3 is 2.28 bits per heavy atom. The van der Waals surface area contributed by atoms with Crippen LogP contribution < -0.4 is 16.7 Å². The molecule has 0 spiro atoms. The lowest BCUT2D eigenvalue weighted by molar-refractivity contribution is -0.109. The summed E-state index contributed by atoms with van der Waals surface area (Å²) in [6, 6.07) is 10.6. The van der Waals surface area contributed by atoms with E-state index in [2.05, 4.69) is 29.8 Å². The third kappa shape index (κ3) is 11.9. The standard InChI is InChI=1S/C9H6O2.C7H16N2O.C2H6.CH5N.H2/c10-9-6-5-7-3-1-2-4-8(7)11-9;1-3-9(4-2)6-5-8-7-10;2*1-2;/h1-6H;7H,3-6H2,1-2H3,(H,8,10);1-2H3;2H2,1H3;1H. The van der Waals surface area contributed by atoms with Crippen LogP contribution in [0.1, 0.15) is 29.1 Å². The van der Waals surface area contributed by atoms with Crippen molar-refractivity contribution >= 4 is 17.4 Å². The number of hydrogen-bond donors (Lipinski definition) is 2. The van der Waals surface area contributed by atoms with Gasteiger partial charge in [0.1, 0.15) is 5.58 Å². The minimum atomic E-state index is -0.302. The minimum Gasteiger partial charge on any atom is -0.423 e. The summed E-state index contributed by atoms with van der Waals surface area (Å²) in [4.78, 5) is 22.8. The number of likely N-dealkylation sites (N-methyl/N-ethyl adjacent to an activating group) is 1. The Morgan fingerprint density at radius 1 is 1.12 bits per heavy atom. The van der Waals surface area contributed by atoms with Gasteiger partial charge in [-0.05, 0) is 32.3 Å². The molecule has 0 aliphatic heterocycles. The molecule has 0 aliphatic carbocycles. The van der Waals surface area contributed by atoms with Crippen molar-refractivity contribution in [3.8, 4) is 0 Å². The third-order valence-corrected chi connectivity index (χ3v) is 3.08. The van der Waals surface area contributed by atoms with E-state index in [4.69, 9.17) is 4.42 Å². The molecule has 0 saturated heterocycles. The maximum absolute atomic E-state index is 10.7. The van der Waals surface area contributed by atoms with Gasteiger partial charge in [0.05, 0.1) is 0 Å². The summed E-state index contributed by atoms with van der Waals surface area (Å²) in [5.41, 5.74) is 4.84. The second kappa shape index (κ2) is 18.2. The summed E-state index contributed by atoms with van der Waals surface area (Å²) in [7, 11) is 1.50. The van der Waals surface area contributed by atoms with Crippen molar-refractivity contribution in [2.24, 2.45) is 5.73 Å². The van der Waals surface area contributed by atoms with Gasteiger partial charge < -0.3 is 20.4 Å². The van der Waals surface area contributed by atoms with Crippen LogP contribution in [-0.4, -0.2) is 44.5 Å². The highest BCUT2D eigenvalue weighted by Crippen LogP contribution is 2.08. The lowest BCUT2D eigenvalue weighted by atomic mass is 10.2. The van der Waals surface area contributed by atoms with Crippen LogP contribution in [0.4, 0.5) is 0 Å². The number of para-hydroxylation sites is 1. The number of rotatable bonds is 6. The molecule has 6 nitrogen and oxygen atoms in total. The van der Waals surface area contributed by atoms with Gasteiger partial charge in [0.15, 0.2) is 0 Å². The van der Waals surface area contributed by atoms with Crippen LogP contribution in [0, 0.1) is 0 Å². The van der Waals surface area contributed by atoms with Gasteiger partial charge in [0.25, 0.3) is 0 Å². The van der Waals surface area contributed by atoms with E-state index in [0.717, 1.165) is 38.0 Å². The average Bonchev–Trinajstić information content (AvgIpc) is 2.69. The monoisotopic (exact) mass is 353 g/mol. The van der Waals surface area contributed by atoms with E-state index >= 15 is 0 Å². The molecule has 2 aromatic rings. The largest absolute Gasteiger partial charge is 0.423 e. The van der Waals surface area contributed by atoms with Crippen LogP contribution in [0.25, 0.3) is 11.0 Å². The lowest BCUT2D eigenvalue weighted by Gasteiger charge is -2.16. The Hall–Kier alpha value is -2.18. The van der Waals surface area contributed by atoms with E-state index in [0.29, 0.717) is 5.58 Å². The topological polar surface area (TPSA) is 88.6 Å². The van der Waals surface area contributed by atoms with Gasteiger partial charge in [-0.25, -0.2) is 4.79 Å². The molecule has 0 bridgehead atoms. The average molecular weight is 354 g/mol. The van der Waals surface area contributed by atoms with Crippen LogP contribution >= 0.6 is 0 Å². The summed E-state index contributed by atoms with van der Waals surface area (Å²) in [6.45, 7) is 12.0. The molecule has 1 aromatic carbocycles. The second-order valence-corrected chi connectivity index (χ2v) is 4.39.